The van der Waals surface area contributed by atoms with Crippen LogP contribution in [0.5, 0.6) is 0 Å². The Hall–Kier alpha value is -2.83. The summed E-state index contributed by atoms with van der Waals surface area (Å²) in [5.41, 5.74) is 3.15. The van der Waals surface area contributed by atoms with Gasteiger partial charge in [-0.25, -0.2) is 0 Å². The molecule has 6 nitrogen and oxygen atoms in total. The van der Waals surface area contributed by atoms with Crippen LogP contribution in [0.25, 0.3) is 11.3 Å². The molecular weight excluding hydrogens is 423 g/mol. The van der Waals surface area contributed by atoms with Crippen LogP contribution < -0.4 is 10.6 Å². The lowest BCUT2D eigenvalue weighted by Gasteiger charge is -2.22. The molecule has 8 heteroatoms. The summed E-state index contributed by atoms with van der Waals surface area (Å²) < 4.78 is 0. The van der Waals surface area contributed by atoms with Gasteiger partial charge in [0, 0.05) is 17.8 Å². The summed E-state index contributed by atoms with van der Waals surface area (Å²) in [4.78, 5) is 25.3. The van der Waals surface area contributed by atoms with Crippen LogP contribution in [-0.4, -0.2) is 28.1 Å². The van der Waals surface area contributed by atoms with Crippen molar-refractivity contribution >= 4 is 35.0 Å². The highest BCUT2D eigenvalue weighted by molar-refractivity contribution is 6.36. The highest BCUT2D eigenvalue weighted by Crippen LogP contribution is 2.21. The van der Waals surface area contributed by atoms with E-state index in [0.29, 0.717) is 11.6 Å². The molecule has 3 rings (SSSR count). The predicted molar refractivity (Wildman–Crippen MR) is 118 cm³/mol. The van der Waals surface area contributed by atoms with E-state index in [9.17, 15) is 9.59 Å². The Balaban J connectivity index is 1.62. The van der Waals surface area contributed by atoms with Crippen LogP contribution in [0.2, 0.25) is 10.0 Å². The Bertz CT molecular complexity index is 1020. The van der Waals surface area contributed by atoms with Crippen molar-refractivity contribution in [3.8, 4) is 11.3 Å². The van der Waals surface area contributed by atoms with E-state index in [2.05, 4.69) is 20.8 Å². The van der Waals surface area contributed by atoms with Gasteiger partial charge in [0.05, 0.1) is 16.3 Å². The number of aromatic nitrogens is 2. The largest absolute Gasteiger partial charge is 0.350 e. The molecule has 3 aromatic rings. The van der Waals surface area contributed by atoms with Gasteiger partial charge in [0.1, 0.15) is 6.04 Å². The minimum atomic E-state index is -0.700. The van der Waals surface area contributed by atoms with Crippen molar-refractivity contribution in [3.63, 3.8) is 0 Å². The molecule has 0 bridgehead atoms. The lowest BCUT2D eigenvalue weighted by molar-refractivity contribution is -0.124. The van der Waals surface area contributed by atoms with Crippen LogP contribution in [0.1, 0.15) is 29.8 Å². The fourth-order valence-electron chi connectivity index (χ4n) is 2.95. The van der Waals surface area contributed by atoms with E-state index in [0.717, 1.165) is 16.8 Å². The summed E-state index contributed by atoms with van der Waals surface area (Å²) in [6.07, 6.45) is 1.70. The number of amides is 2. The minimum Gasteiger partial charge on any atom is -0.350 e. The molecule has 0 aliphatic rings. The number of rotatable bonds is 7. The first kappa shape index (κ1) is 21.9. The number of carbonyl (C=O) groups is 2. The van der Waals surface area contributed by atoms with Gasteiger partial charge in [-0.15, -0.1) is 0 Å². The average molecular weight is 445 g/mol. The zero-order valence-corrected chi connectivity index (χ0v) is 18.1. The van der Waals surface area contributed by atoms with Crippen molar-refractivity contribution in [2.45, 2.75) is 26.4 Å². The highest BCUT2D eigenvalue weighted by Gasteiger charge is 2.25. The summed E-state index contributed by atoms with van der Waals surface area (Å²) in [7, 11) is 0. The van der Waals surface area contributed by atoms with Gasteiger partial charge < -0.3 is 10.6 Å². The standard InChI is InChI=1S/C22H22Cl2N4O2/c1-13(2)20(27-21(29)17-8-7-16(23)11-18(17)24)22(30)25-12-14-3-5-15(6-4-14)19-9-10-26-28-19/h3-11,13,20H,12H2,1-2H3,(H,25,30)(H,26,28)(H,27,29). The number of nitrogens with zero attached hydrogens (tertiary/aromatic N) is 1. The zero-order chi connectivity index (χ0) is 21.7. The Morgan fingerprint density at radius 3 is 2.40 bits per heavy atom. The van der Waals surface area contributed by atoms with Gasteiger partial charge >= 0.3 is 0 Å². The van der Waals surface area contributed by atoms with Crippen molar-refractivity contribution in [3.05, 3.63) is 75.9 Å². The quantitative estimate of drug-likeness (QED) is 0.502. The van der Waals surface area contributed by atoms with Gasteiger partial charge in [-0.2, -0.15) is 5.10 Å². The number of hydrogen-bond donors (Lipinski definition) is 3. The Morgan fingerprint density at radius 1 is 1.07 bits per heavy atom. The van der Waals surface area contributed by atoms with Crippen LogP contribution in [0.3, 0.4) is 0 Å². The third-order valence-electron chi connectivity index (χ3n) is 4.64. The molecule has 30 heavy (non-hydrogen) atoms. The molecule has 0 saturated carbocycles. The third kappa shape index (κ3) is 5.40. The number of aromatic amines is 1. The first-order chi connectivity index (χ1) is 14.3. The summed E-state index contributed by atoms with van der Waals surface area (Å²) in [5.74, 6) is -0.793. The Labute approximate surface area is 185 Å². The number of carbonyl (C=O) groups excluding carboxylic acids is 2. The van der Waals surface area contributed by atoms with Crippen molar-refractivity contribution in [1.29, 1.82) is 0 Å². The van der Waals surface area contributed by atoms with Crippen LogP contribution in [0.15, 0.2) is 54.7 Å². The van der Waals surface area contributed by atoms with E-state index in [-0.39, 0.29) is 22.4 Å². The minimum absolute atomic E-state index is 0.109. The first-order valence-electron chi connectivity index (χ1n) is 9.47. The normalized spacial score (nSPS) is 11.9. The number of hydrogen-bond acceptors (Lipinski definition) is 3. The summed E-state index contributed by atoms with van der Waals surface area (Å²) in [6.45, 7) is 4.09. The molecule has 0 saturated heterocycles. The lowest BCUT2D eigenvalue weighted by Crippen LogP contribution is -2.49. The Morgan fingerprint density at radius 2 is 1.80 bits per heavy atom. The molecule has 156 valence electrons. The monoisotopic (exact) mass is 444 g/mol. The van der Waals surface area contributed by atoms with Crippen LogP contribution >= 0.6 is 23.2 Å². The molecule has 0 aliphatic carbocycles. The fraction of sp³-hybridized carbons (Fsp3) is 0.227. The maximum absolute atomic E-state index is 12.7. The number of nitrogens with one attached hydrogen (secondary N) is 3. The SMILES string of the molecule is CC(C)C(NC(=O)c1ccc(Cl)cc1Cl)C(=O)NCc1ccc(-c2ccn[nH]2)cc1. The second-order valence-electron chi connectivity index (χ2n) is 7.20. The van der Waals surface area contributed by atoms with Crippen molar-refractivity contribution in [2.24, 2.45) is 5.92 Å². The maximum atomic E-state index is 12.7. The number of benzene rings is 2. The molecule has 3 N–H and O–H groups in total. The van der Waals surface area contributed by atoms with Crippen LogP contribution in [-0.2, 0) is 11.3 Å². The maximum Gasteiger partial charge on any atom is 0.253 e. The van der Waals surface area contributed by atoms with Crippen molar-refractivity contribution in [2.75, 3.05) is 0 Å². The second-order valence-corrected chi connectivity index (χ2v) is 8.05. The van der Waals surface area contributed by atoms with Crippen LogP contribution in [0.4, 0.5) is 0 Å². The smallest absolute Gasteiger partial charge is 0.253 e. The van der Waals surface area contributed by atoms with Gasteiger partial charge in [-0.05, 0) is 41.3 Å². The average Bonchev–Trinajstić information content (AvgIpc) is 3.25. The van der Waals surface area contributed by atoms with E-state index in [1.54, 1.807) is 12.3 Å². The highest BCUT2D eigenvalue weighted by atomic mass is 35.5. The molecule has 2 aromatic carbocycles. The molecule has 2 amide bonds. The number of halogens is 2. The zero-order valence-electron chi connectivity index (χ0n) is 16.6. The molecule has 0 aliphatic heterocycles. The van der Waals surface area contributed by atoms with E-state index in [1.165, 1.54) is 12.1 Å². The predicted octanol–water partition coefficient (Wildman–Crippen LogP) is 4.45. The van der Waals surface area contributed by atoms with E-state index in [1.807, 2.05) is 44.2 Å². The molecule has 1 unspecified atom stereocenters. The molecule has 1 heterocycles. The topological polar surface area (TPSA) is 86.9 Å². The van der Waals surface area contributed by atoms with Gasteiger partial charge in [0.25, 0.3) is 5.91 Å². The van der Waals surface area contributed by atoms with E-state index in [4.69, 9.17) is 23.2 Å². The molecule has 1 atom stereocenters. The van der Waals surface area contributed by atoms with E-state index < -0.39 is 11.9 Å². The fourth-order valence-corrected chi connectivity index (χ4v) is 3.44. The molecular formula is C22H22Cl2N4O2. The van der Waals surface area contributed by atoms with E-state index >= 15 is 0 Å². The lowest BCUT2D eigenvalue weighted by atomic mass is 10.0. The third-order valence-corrected chi connectivity index (χ3v) is 5.19. The van der Waals surface area contributed by atoms with Crippen molar-refractivity contribution in [1.82, 2.24) is 20.8 Å². The Kier molecular flexibility index (Phi) is 7.13. The molecule has 0 fully saturated rings. The summed E-state index contributed by atoms with van der Waals surface area (Å²) in [6, 6.07) is 13.6. The van der Waals surface area contributed by atoms with Crippen LogP contribution in [0, 0.1) is 5.92 Å². The van der Waals surface area contributed by atoms with Gasteiger partial charge in [-0.3, -0.25) is 14.7 Å². The summed E-state index contributed by atoms with van der Waals surface area (Å²) in [5, 5.41) is 13.2. The van der Waals surface area contributed by atoms with Gasteiger partial charge in [0.2, 0.25) is 5.91 Å². The van der Waals surface area contributed by atoms with Gasteiger partial charge in [0.15, 0.2) is 0 Å². The molecule has 1 aromatic heterocycles. The molecule has 0 radical (unpaired) electrons. The molecule has 0 spiro atoms. The number of H-pyrrole nitrogens is 1. The first-order valence-corrected chi connectivity index (χ1v) is 10.2. The van der Waals surface area contributed by atoms with Gasteiger partial charge in [-0.1, -0.05) is 61.3 Å². The summed E-state index contributed by atoms with van der Waals surface area (Å²) >= 11 is 12.0. The second kappa shape index (κ2) is 9.78. The van der Waals surface area contributed by atoms with Crippen molar-refractivity contribution < 1.29 is 9.59 Å².